The molecule has 0 spiro atoms. The average Bonchev–Trinajstić information content (AvgIpc) is 2.61. The number of anilines is 2. The first-order valence-corrected chi connectivity index (χ1v) is 9.00. The van der Waals surface area contributed by atoms with Gasteiger partial charge in [-0.1, -0.05) is 28.1 Å². The van der Waals surface area contributed by atoms with Crippen LogP contribution in [0.1, 0.15) is 5.56 Å². The maximum absolute atomic E-state index is 12.4. The summed E-state index contributed by atoms with van der Waals surface area (Å²) in [6, 6.07) is 16.4. The van der Waals surface area contributed by atoms with E-state index in [4.69, 9.17) is 0 Å². The lowest BCUT2D eigenvalue weighted by atomic mass is 10.2. The van der Waals surface area contributed by atoms with Gasteiger partial charge in [0.2, 0.25) is 5.91 Å². The van der Waals surface area contributed by atoms with Crippen LogP contribution >= 0.6 is 15.9 Å². The van der Waals surface area contributed by atoms with Crippen molar-refractivity contribution in [3.8, 4) is 0 Å². The van der Waals surface area contributed by atoms with Gasteiger partial charge in [0, 0.05) is 42.0 Å². The van der Waals surface area contributed by atoms with E-state index in [2.05, 4.69) is 57.3 Å². The molecule has 4 nitrogen and oxygen atoms in total. The Morgan fingerprint density at radius 1 is 1.08 bits per heavy atom. The summed E-state index contributed by atoms with van der Waals surface area (Å²) >= 11 is 3.41. The maximum Gasteiger partial charge on any atom is 0.241 e. The average molecular weight is 388 g/mol. The van der Waals surface area contributed by atoms with Crippen LogP contribution in [0.2, 0.25) is 0 Å². The Morgan fingerprint density at radius 2 is 1.79 bits per heavy atom. The number of nitrogens with zero attached hydrogens (tertiary/aromatic N) is 2. The van der Waals surface area contributed by atoms with Gasteiger partial charge in [0.05, 0.1) is 6.54 Å². The molecule has 1 aliphatic rings. The van der Waals surface area contributed by atoms with Crippen LogP contribution in [0.25, 0.3) is 0 Å². The first-order valence-electron chi connectivity index (χ1n) is 8.21. The number of aryl methyl sites for hydroxylation is 1. The van der Waals surface area contributed by atoms with Crippen LogP contribution in [-0.4, -0.2) is 43.5 Å². The van der Waals surface area contributed by atoms with Crippen LogP contribution < -0.4 is 10.2 Å². The van der Waals surface area contributed by atoms with Gasteiger partial charge in [-0.25, -0.2) is 0 Å². The number of nitrogens with one attached hydrogen (secondary N) is 1. The van der Waals surface area contributed by atoms with Crippen LogP contribution in [0.4, 0.5) is 11.4 Å². The van der Waals surface area contributed by atoms with Crippen molar-refractivity contribution in [3.05, 3.63) is 58.6 Å². The van der Waals surface area contributed by atoms with Crippen molar-refractivity contribution in [1.29, 1.82) is 0 Å². The van der Waals surface area contributed by atoms with E-state index in [0.29, 0.717) is 6.54 Å². The van der Waals surface area contributed by atoms with Gasteiger partial charge in [-0.2, -0.15) is 0 Å². The number of rotatable bonds is 4. The zero-order valence-electron chi connectivity index (χ0n) is 13.8. The number of hydrogen-bond acceptors (Lipinski definition) is 3. The van der Waals surface area contributed by atoms with E-state index in [0.717, 1.165) is 36.3 Å². The third-order valence-corrected chi connectivity index (χ3v) is 4.82. The van der Waals surface area contributed by atoms with Crippen LogP contribution in [0.3, 0.4) is 0 Å². The molecule has 1 aliphatic heterocycles. The molecule has 1 fully saturated rings. The Hall–Kier alpha value is -2.01. The first kappa shape index (κ1) is 16.8. The summed E-state index contributed by atoms with van der Waals surface area (Å²) in [5.74, 6) is 0.154. The molecule has 2 aromatic rings. The van der Waals surface area contributed by atoms with Gasteiger partial charge in [0.25, 0.3) is 0 Å². The predicted octanol–water partition coefficient (Wildman–Crippen LogP) is 3.52. The molecule has 0 bridgehead atoms. The van der Waals surface area contributed by atoms with E-state index in [1.807, 2.05) is 29.2 Å². The summed E-state index contributed by atoms with van der Waals surface area (Å²) in [5.41, 5.74) is 3.48. The summed E-state index contributed by atoms with van der Waals surface area (Å²) < 4.78 is 1.03. The molecule has 0 atom stereocenters. The third kappa shape index (κ3) is 4.29. The molecule has 0 radical (unpaired) electrons. The zero-order chi connectivity index (χ0) is 16.9. The van der Waals surface area contributed by atoms with Gasteiger partial charge in [-0.05, 0) is 48.9 Å². The van der Waals surface area contributed by atoms with Crippen molar-refractivity contribution in [3.63, 3.8) is 0 Å². The molecule has 1 N–H and O–H groups in total. The lowest BCUT2D eigenvalue weighted by Gasteiger charge is -2.36. The first-order chi connectivity index (χ1) is 11.6. The largest absolute Gasteiger partial charge is 0.376 e. The molecule has 0 unspecified atom stereocenters. The van der Waals surface area contributed by atoms with Crippen LogP contribution in [-0.2, 0) is 4.79 Å². The molecule has 1 heterocycles. The van der Waals surface area contributed by atoms with E-state index in [1.165, 1.54) is 11.3 Å². The van der Waals surface area contributed by atoms with Gasteiger partial charge in [-0.3, -0.25) is 4.79 Å². The lowest BCUT2D eigenvalue weighted by molar-refractivity contribution is -0.129. The molecule has 3 rings (SSSR count). The SMILES string of the molecule is Cc1cccc(N2CCN(C(=O)CNc3ccc(Br)cc3)CC2)c1. The summed E-state index contributed by atoms with van der Waals surface area (Å²) in [6.07, 6.45) is 0. The summed E-state index contributed by atoms with van der Waals surface area (Å²) in [5, 5.41) is 3.19. The molecule has 2 aromatic carbocycles. The monoisotopic (exact) mass is 387 g/mol. The minimum absolute atomic E-state index is 0.154. The van der Waals surface area contributed by atoms with E-state index in [-0.39, 0.29) is 5.91 Å². The van der Waals surface area contributed by atoms with Crippen molar-refractivity contribution >= 4 is 33.2 Å². The van der Waals surface area contributed by atoms with E-state index in [9.17, 15) is 4.79 Å². The van der Waals surface area contributed by atoms with Crippen molar-refractivity contribution in [2.24, 2.45) is 0 Å². The number of amides is 1. The standard InChI is InChI=1S/C19H22BrN3O/c1-15-3-2-4-18(13-15)22-9-11-23(12-10-22)19(24)14-21-17-7-5-16(20)6-8-17/h2-8,13,21H,9-12,14H2,1H3. The summed E-state index contributed by atoms with van der Waals surface area (Å²) in [4.78, 5) is 16.7. The second kappa shape index (κ2) is 7.71. The molecule has 1 amide bonds. The number of halogens is 1. The fourth-order valence-corrected chi connectivity index (χ4v) is 3.16. The number of piperazine rings is 1. The van der Waals surface area contributed by atoms with Crippen molar-refractivity contribution in [1.82, 2.24) is 4.90 Å². The normalized spacial score (nSPS) is 14.6. The number of carbonyl (C=O) groups excluding carboxylic acids is 1. The molecule has 1 saturated heterocycles. The summed E-state index contributed by atoms with van der Waals surface area (Å²) in [6.45, 7) is 5.76. The predicted molar refractivity (Wildman–Crippen MR) is 103 cm³/mol. The van der Waals surface area contributed by atoms with E-state index >= 15 is 0 Å². The highest BCUT2D eigenvalue weighted by Gasteiger charge is 2.21. The quantitative estimate of drug-likeness (QED) is 0.871. The molecule has 126 valence electrons. The molecule has 0 aromatic heterocycles. The van der Waals surface area contributed by atoms with E-state index in [1.54, 1.807) is 0 Å². The molecular formula is C19H22BrN3O. The number of carbonyl (C=O) groups is 1. The van der Waals surface area contributed by atoms with Gasteiger partial charge in [-0.15, -0.1) is 0 Å². The molecule has 5 heteroatoms. The highest BCUT2D eigenvalue weighted by molar-refractivity contribution is 9.10. The Bertz CT molecular complexity index is 694. The Balaban J connectivity index is 1.49. The Morgan fingerprint density at radius 3 is 2.46 bits per heavy atom. The highest BCUT2D eigenvalue weighted by atomic mass is 79.9. The fraction of sp³-hybridized carbons (Fsp3) is 0.316. The van der Waals surface area contributed by atoms with Crippen molar-refractivity contribution in [2.75, 3.05) is 42.9 Å². The topological polar surface area (TPSA) is 35.6 Å². The van der Waals surface area contributed by atoms with Crippen molar-refractivity contribution in [2.45, 2.75) is 6.92 Å². The Labute approximate surface area is 151 Å². The van der Waals surface area contributed by atoms with E-state index < -0.39 is 0 Å². The van der Waals surface area contributed by atoms with Crippen LogP contribution in [0.15, 0.2) is 53.0 Å². The van der Waals surface area contributed by atoms with Crippen LogP contribution in [0.5, 0.6) is 0 Å². The number of hydrogen-bond donors (Lipinski definition) is 1. The molecule has 0 aliphatic carbocycles. The third-order valence-electron chi connectivity index (χ3n) is 4.29. The Kier molecular flexibility index (Phi) is 5.41. The van der Waals surface area contributed by atoms with Crippen molar-refractivity contribution < 1.29 is 4.79 Å². The second-order valence-corrected chi connectivity index (χ2v) is 6.98. The second-order valence-electron chi connectivity index (χ2n) is 6.07. The zero-order valence-corrected chi connectivity index (χ0v) is 15.4. The lowest BCUT2D eigenvalue weighted by Crippen LogP contribution is -2.50. The highest BCUT2D eigenvalue weighted by Crippen LogP contribution is 2.18. The minimum Gasteiger partial charge on any atom is -0.376 e. The summed E-state index contributed by atoms with van der Waals surface area (Å²) in [7, 11) is 0. The smallest absolute Gasteiger partial charge is 0.241 e. The van der Waals surface area contributed by atoms with Crippen LogP contribution in [0, 0.1) is 6.92 Å². The fourth-order valence-electron chi connectivity index (χ4n) is 2.90. The molecule has 0 saturated carbocycles. The molecular weight excluding hydrogens is 366 g/mol. The number of benzene rings is 2. The maximum atomic E-state index is 12.4. The van der Waals surface area contributed by atoms with Gasteiger partial charge in [0.1, 0.15) is 0 Å². The van der Waals surface area contributed by atoms with Gasteiger partial charge in [0.15, 0.2) is 0 Å². The molecule has 24 heavy (non-hydrogen) atoms. The van der Waals surface area contributed by atoms with Gasteiger partial charge < -0.3 is 15.1 Å². The van der Waals surface area contributed by atoms with Gasteiger partial charge >= 0.3 is 0 Å². The minimum atomic E-state index is 0.154.